The summed E-state index contributed by atoms with van der Waals surface area (Å²) in [6.45, 7) is 5.74. The summed E-state index contributed by atoms with van der Waals surface area (Å²) in [6, 6.07) is 0. The standard InChI is InChI=1S/C16H26N2O2/c1-3-5-7-11-17-15-13(19)9-10-14(20)16(15)18-12-8-6-4-2/h9-10,17-18H,3-8,11-12H2,1-2H3. The lowest BCUT2D eigenvalue weighted by Crippen LogP contribution is -2.33. The first-order chi connectivity index (χ1) is 9.70. The molecule has 0 saturated heterocycles. The van der Waals surface area contributed by atoms with Crippen molar-refractivity contribution < 1.29 is 9.59 Å². The van der Waals surface area contributed by atoms with E-state index in [2.05, 4.69) is 24.5 Å². The Hall–Kier alpha value is -1.58. The van der Waals surface area contributed by atoms with Crippen molar-refractivity contribution >= 4 is 11.6 Å². The first kappa shape index (κ1) is 16.5. The van der Waals surface area contributed by atoms with Crippen molar-refractivity contribution in [2.45, 2.75) is 52.4 Å². The Morgan fingerprint density at radius 3 is 1.50 bits per heavy atom. The van der Waals surface area contributed by atoms with E-state index in [0.29, 0.717) is 11.4 Å². The monoisotopic (exact) mass is 278 g/mol. The van der Waals surface area contributed by atoms with Gasteiger partial charge in [-0.15, -0.1) is 0 Å². The van der Waals surface area contributed by atoms with E-state index < -0.39 is 0 Å². The summed E-state index contributed by atoms with van der Waals surface area (Å²) in [5, 5.41) is 6.25. The van der Waals surface area contributed by atoms with Crippen LogP contribution in [0.5, 0.6) is 0 Å². The van der Waals surface area contributed by atoms with Crippen LogP contribution in [0.3, 0.4) is 0 Å². The lowest BCUT2D eigenvalue weighted by molar-refractivity contribution is -0.115. The summed E-state index contributed by atoms with van der Waals surface area (Å²) in [5.74, 6) is -0.224. The third-order valence-corrected chi connectivity index (χ3v) is 3.29. The highest BCUT2D eigenvalue weighted by atomic mass is 16.1. The molecule has 0 spiro atoms. The van der Waals surface area contributed by atoms with Gasteiger partial charge in [0.05, 0.1) is 0 Å². The van der Waals surface area contributed by atoms with Crippen molar-refractivity contribution in [2.75, 3.05) is 13.1 Å². The smallest absolute Gasteiger partial charge is 0.204 e. The zero-order valence-electron chi connectivity index (χ0n) is 12.6. The van der Waals surface area contributed by atoms with Gasteiger partial charge >= 0.3 is 0 Å². The molecule has 0 radical (unpaired) electrons. The molecule has 0 fully saturated rings. The third-order valence-electron chi connectivity index (χ3n) is 3.29. The number of ketones is 2. The summed E-state index contributed by atoms with van der Waals surface area (Å²) in [4.78, 5) is 23.8. The Morgan fingerprint density at radius 1 is 0.750 bits per heavy atom. The van der Waals surface area contributed by atoms with Crippen LogP contribution in [0.15, 0.2) is 23.5 Å². The Kier molecular flexibility index (Phi) is 7.70. The number of rotatable bonds is 10. The van der Waals surface area contributed by atoms with Crippen LogP contribution < -0.4 is 10.6 Å². The van der Waals surface area contributed by atoms with Crippen LogP contribution in [0.4, 0.5) is 0 Å². The first-order valence-corrected chi connectivity index (χ1v) is 7.69. The molecule has 4 heteroatoms. The number of allylic oxidation sites excluding steroid dienone is 2. The lowest BCUT2D eigenvalue weighted by atomic mass is 10.1. The number of carbonyl (C=O) groups excluding carboxylic acids is 2. The van der Waals surface area contributed by atoms with E-state index in [1.807, 2.05) is 0 Å². The molecular weight excluding hydrogens is 252 g/mol. The lowest BCUT2D eigenvalue weighted by Gasteiger charge is -2.17. The molecule has 0 aromatic carbocycles. The Labute approximate surface area is 121 Å². The Bertz CT molecular complexity index is 361. The van der Waals surface area contributed by atoms with Gasteiger partial charge in [-0.05, 0) is 25.0 Å². The minimum atomic E-state index is -0.112. The first-order valence-electron chi connectivity index (χ1n) is 7.69. The van der Waals surface area contributed by atoms with Gasteiger partial charge in [-0.1, -0.05) is 39.5 Å². The van der Waals surface area contributed by atoms with E-state index in [-0.39, 0.29) is 11.6 Å². The molecule has 0 atom stereocenters. The second-order valence-corrected chi connectivity index (χ2v) is 5.08. The zero-order chi connectivity index (χ0) is 14.8. The van der Waals surface area contributed by atoms with Crippen LogP contribution in [-0.4, -0.2) is 24.7 Å². The summed E-state index contributed by atoms with van der Waals surface area (Å²) >= 11 is 0. The predicted octanol–water partition coefficient (Wildman–Crippen LogP) is 2.47. The van der Waals surface area contributed by atoms with E-state index in [9.17, 15) is 9.59 Å². The molecular formula is C16H26N2O2. The van der Waals surface area contributed by atoms with E-state index in [1.165, 1.54) is 12.2 Å². The molecule has 1 rings (SSSR count). The van der Waals surface area contributed by atoms with Crippen molar-refractivity contribution in [3.63, 3.8) is 0 Å². The fourth-order valence-corrected chi connectivity index (χ4v) is 2.09. The minimum absolute atomic E-state index is 0.112. The molecule has 112 valence electrons. The molecule has 0 saturated carbocycles. The molecule has 4 nitrogen and oxygen atoms in total. The molecule has 0 unspecified atom stereocenters. The molecule has 0 amide bonds. The number of nitrogens with one attached hydrogen (secondary N) is 2. The molecule has 0 heterocycles. The molecule has 0 aliphatic heterocycles. The fraction of sp³-hybridized carbons (Fsp3) is 0.625. The van der Waals surface area contributed by atoms with Crippen LogP contribution in [0.2, 0.25) is 0 Å². The van der Waals surface area contributed by atoms with Gasteiger partial charge in [0.1, 0.15) is 11.4 Å². The second-order valence-electron chi connectivity index (χ2n) is 5.08. The van der Waals surface area contributed by atoms with Crippen LogP contribution in [0, 0.1) is 0 Å². The fourth-order valence-electron chi connectivity index (χ4n) is 2.09. The third kappa shape index (κ3) is 5.19. The molecule has 20 heavy (non-hydrogen) atoms. The summed E-state index contributed by atoms with van der Waals surface area (Å²) in [5.41, 5.74) is 0.871. The summed E-state index contributed by atoms with van der Waals surface area (Å²) in [7, 11) is 0. The maximum Gasteiger partial charge on any atom is 0.204 e. The van der Waals surface area contributed by atoms with E-state index >= 15 is 0 Å². The Morgan fingerprint density at radius 2 is 1.15 bits per heavy atom. The minimum Gasteiger partial charge on any atom is -0.380 e. The van der Waals surface area contributed by atoms with Crippen LogP contribution in [0.25, 0.3) is 0 Å². The molecule has 0 bridgehead atoms. The van der Waals surface area contributed by atoms with Crippen molar-refractivity contribution in [1.82, 2.24) is 10.6 Å². The van der Waals surface area contributed by atoms with Gasteiger partial charge in [0.25, 0.3) is 0 Å². The maximum absolute atomic E-state index is 11.9. The van der Waals surface area contributed by atoms with Gasteiger partial charge in [-0.2, -0.15) is 0 Å². The molecule has 0 aromatic heterocycles. The molecule has 2 N–H and O–H groups in total. The summed E-state index contributed by atoms with van der Waals surface area (Å²) < 4.78 is 0. The van der Waals surface area contributed by atoms with Crippen molar-refractivity contribution in [2.24, 2.45) is 0 Å². The predicted molar refractivity (Wildman–Crippen MR) is 81.2 cm³/mol. The quantitative estimate of drug-likeness (QED) is 0.476. The van der Waals surface area contributed by atoms with Crippen molar-refractivity contribution in [3.05, 3.63) is 23.5 Å². The molecule has 1 aliphatic carbocycles. The zero-order valence-corrected chi connectivity index (χ0v) is 12.6. The normalized spacial score (nSPS) is 14.9. The van der Waals surface area contributed by atoms with Gasteiger partial charge in [-0.3, -0.25) is 9.59 Å². The van der Waals surface area contributed by atoms with Gasteiger partial charge < -0.3 is 10.6 Å². The highest BCUT2D eigenvalue weighted by Crippen LogP contribution is 2.10. The molecule has 1 aliphatic rings. The largest absolute Gasteiger partial charge is 0.380 e. The van der Waals surface area contributed by atoms with Crippen LogP contribution in [-0.2, 0) is 9.59 Å². The van der Waals surface area contributed by atoms with Crippen LogP contribution in [0.1, 0.15) is 52.4 Å². The number of hydrogen-bond donors (Lipinski definition) is 2. The van der Waals surface area contributed by atoms with E-state index in [4.69, 9.17) is 0 Å². The number of unbranched alkanes of at least 4 members (excludes halogenated alkanes) is 4. The van der Waals surface area contributed by atoms with Crippen LogP contribution >= 0.6 is 0 Å². The van der Waals surface area contributed by atoms with Crippen molar-refractivity contribution in [1.29, 1.82) is 0 Å². The van der Waals surface area contributed by atoms with Gasteiger partial charge in [-0.25, -0.2) is 0 Å². The molecule has 0 aromatic rings. The SMILES string of the molecule is CCCCCNC1=C(NCCCCC)C(=O)C=CC1=O. The number of carbonyl (C=O) groups is 2. The average molecular weight is 278 g/mol. The van der Waals surface area contributed by atoms with E-state index in [0.717, 1.165) is 51.6 Å². The average Bonchev–Trinajstić information content (AvgIpc) is 2.45. The Balaban J connectivity index is 2.61. The number of hydrogen-bond acceptors (Lipinski definition) is 4. The highest BCUT2D eigenvalue weighted by molar-refractivity contribution is 6.19. The van der Waals surface area contributed by atoms with Gasteiger partial charge in [0, 0.05) is 13.1 Å². The topological polar surface area (TPSA) is 58.2 Å². The second kappa shape index (κ2) is 9.34. The summed E-state index contributed by atoms with van der Waals surface area (Å²) in [6.07, 6.45) is 9.23. The van der Waals surface area contributed by atoms with E-state index in [1.54, 1.807) is 0 Å². The highest BCUT2D eigenvalue weighted by Gasteiger charge is 2.21. The van der Waals surface area contributed by atoms with Crippen molar-refractivity contribution in [3.8, 4) is 0 Å². The van der Waals surface area contributed by atoms with Gasteiger partial charge in [0.15, 0.2) is 0 Å². The van der Waals surface area contributed by atoms with Gasteiger partial charge in [0.2, 0.25) is 11.6 Å². The maximum atomic E-state index is 11.9.